The summed E-state index contributed by atoms with van der Waals surface area (Å²) >= 11 is 5.70. The van der Waals surface area contributed by atoms with E-state index < -0.39 is 0 Å². The molecule has 0 aliphatic carbocycles. The van der Waals surface area contributed by atoms with Gasteiger partial charge in [0, 0.05) is 17.8 Å². The lowest BCUT2D eigenvalue weighted by atomic mass is 10.3. The third-order valence-electron chi connectivity index (χ3n) is 1.48. The van der Waals surface area contributed by atoms with Crippen molar-refractivity contribution in [2.24, 2.45) is 0 Å². The van der Waals surface area contributed by atoms with Gasteiger partial charge in [-0.3, -0.25) is 0 Å². The number of hydrogen-bond donors (Lipinski definition) is 0. The molecule has 2 nitrogen and oxygen atoms in total. The molecule has 1 aromatic heterocycles. The average molecular weight is 186 g/mol. The second-order valence-corrected chi connectivity index (χ2v) is 3.01. The van der Waals surface area contributed by atoms with Crippen LogP contribution in [-0.4, -0.2) is 11.6 Å². The molecule has 0 aromatic carbocycles. The van der Waals surface area contributed by atoms with E-state index in [1.54, 1.807) is 12.3 Å². The minimum atomic E-state index is 0.478. The first-order chi connectivity index (χ1) is 5.74. The van der Waals surface area contributed by atoms with Gasteiger partial charge >= 0.3 is 0 Å². The van der Waals surface area contributed by atoms with Crippen molar-refractivity contribution < 1.29 is 4.74 Å². The number of nitrogens with zero attached hydrogens (tertiary/aromatic N) is 1. The van der Waals surface area contributed by atoms with Gasteiger partial charge in [-0.05, 0) is 13.3 Å². The number of pyridine rings is 1. The van der Waals surface area contributed by atoms with E-state index in [2.05, 4.69) is 11.9 Å². The van der Waals surface area contributed by atoms with E-state index in [4.69, 9.17) is 16.3 Å². The second kappa shape index (κ2) is 4.31. The summed E-state index contributed by atoms with van der Waals surface area (Å²) in [6.07, 6.45) is 2.71. The summed E-state index contributed by atoms with van der Waals surface area (Å²) in [5.41, 5.74) is 1.02. The predicted molar refractivity (Wildman–Crippen MR) is 49.8 cm³/mol. The molecular formula is C9H12ClNO. The SMILES string of the molecule is CCCOc1cc(Cl)ncc1C. The van der Waals surface area contributed by atoms with Gasteiger partial charge < -0.3 is 4.74 Å². The Morgan fingerprint density at radius 1 is 1.58 bits per heavy atom. The smallest absolute Gasteiger partial charge is 0.132 e. The van der Waals surface area contributed by atoms with Crippen molar-refractivity contribution in [1.29, 1.82) is 0 Å². The highest BCUT2D eigenvalue weighted by Crippen LogP contribution is 2.19. The van der Waals surface area contributed by atoms with Crippen LogP contribution < -0.4 is 4.74 Å². The minimum absolute atomic E-state index is 0.478. The Morgan fingerprint density at radius 2 is 2.33 bits per heavy atom. The van der Waals surface area contributed by atoms with Crippen LogP contribution in [0.1, 0.15) is 18.9 Å². The van der Waals surface area contributed by atoms with Gasteiger partial charge in [0.15, 0.2) is 0 Å². The Bertz CT molecular complexity index is 263. The van der Waals surface area contributed by atoms with Crippen LogP contribution in [-0.2, 0) is 0 Å². The van der Waals surface area contributed by atoms with Crippen molar-refractivity contribution in [2.75, 3.05) is 6.61 Å². The van der Waals surface area contributed by atoms with E-state index >= 15 is 0 Å². The maximum atomic E-state index is 5.70. The normalized spacial score (nSPS) is 9.92. The number of rotatable bonds is 3. The van der Waals surface area contributed by atoms with Gasteiger partial charge in [0.1, 0.15) is 10.9 Å². The monoisotopic (exact) mass is 185 g/mol. The molecule has 0 aliphatic rings. The maximum Gasteiger partial charge on any atom is 0.132 e. The molecule has 0 N–H and O–H groups in total. The molecule has 1 rings (SSSR count). The van der Waals surface area contributed by atoms with E-state index in [1.807, 2.05) is 6.92 Å². The fraction of sp³-hybridized carbons (Fsp3) is 0.444. The van der Waals surface area contributed by atoms with Crippen molar-refractivity contribution >= 4 is 11.6 Å². The van der Waals surface area contributed by atoms with E-state index in [0.29, 0.717) is 5.15 Å². The van der Waals surface area contributed by atoms with Gasteiger partial charge in [-0.1, -0.05) is 18.5 Å². The number of halogens is 1. The van der Waals surface area contributed by atoms with Crippen LogP contribution in [0.3, 0.4) is 0 Å². The Morgan fingerprint density at radius 3 is 3.00 bits per heavy atom. The zero-order valence-corrected chi connectivity index (χ0v) is 8.06. The molecule has 0 amide bonds. The van der Waals surface area contributed by atoms with Gasteiger partial charge in [0.2, 0.25) is 0 Å². The first-order valence-corrected chi connectivity index (χ1v) is 4.36. The number of hydrogen-bond acceptors (Lipinski definition) is 2. The summed E-state index contributed by atoms with van der Waals surface area (Å²) in [6.45, 7) is 4.74. The van der Waals surface area contributed by atoms with E-state index in [9.17, 15) is 0 Å². The van der Waals surface area contributed by atoms with E-state index in [1.165, 1.54) is 0 Å². The van der Waals surface area contributed by atoms with Crippen LogP contribution in [0.2, 0.25) is 5.15 Å². The highest BCUT2D eigenvalue weighted by molar-refractivity contribution is 6.29. The maximum absolute atomic E-state index is 5.70. The van der Waals surface area contributed by atoms with Crippen LogP contribution in [0.25, 0.3) is 0 Å². The predicted octanol–water partition coefficient (Wildman–Crippen LogP) is 2.83. The summed E-state index contributed by atoms with van der Waals surface area (Å²) in [5.74, 6) is 0.830. The van der Waals surface area contributed by atoms with Gasteiger partial charge in [-0.2, -0.15) is 0 Å². The Labute approximate surface area is 77.5 Å². The molecule has 0 saturated carbocycles. The molecule has 0 fully saturated rings. The van der Waals surface area contributed by atoms with Gasteiger partial charge in [0.25, 0.3) is 0 Å². The molecule has 1 aromatic rings. The molecule has 0 saturated heterocycles. The lowest BCUT2D eigenvalue weighted by molar-refractivity contribution is 0.315. The topological polar surface area (TPSA) is 22.1 Å². The van der Waals surface area contributed by atoms with Crippen LogP contribution in [0.4, 0.5) is 0 Å². The highest BCUT2D eigenvalue weighted by Gasteiger charge is 1.99. The summed E-state index contributed by atoms with van der Waals surface area (Å²) in [7, 11) is 0. The lowest BCUT2D eigenvalue weighted by Gasteiger charge is -2.06. The zero-order valence-electron chi connectivity index (χ0n) is 7.30. The third kappa shape index (κ3) is 2.38. The molecule has 3 heteroatoms. The molecule has 1 heterocycles. The van der Waals surface area contributed by atoms with Crippen molar-refractivity contribution in [1.82, 2.24) is 4.98 Å². The average Bonchev–Trinajstić information content (AvgIpc) is 2.07. The molecule has 0 bridgehead atoms. The summed E-state index contributed by atoms with van der Waals surface area (Å²) in [5, 5.41) is 0.478. The number of aromatic nitrogens is 1. The molecular weight excluding hydrogens is 174 g/mol. The van der Waals surface area contributed by atoms with Gasteiger partial charge in [-0.15, -0.1) is 0 Å². The van der Waals surface area contributed by atoms with Crippen molar-refractivity contribution in [2.45, 2.75) is 20.3 Å². The Hall–Kier alpha value is -0.760. The summed E-state index contributed by atoms with van der Waals surface area (Å²) in [4.78, 5) is 3.93. The first-order valence-electron chi connectivity index (χ1n) is 3.99. The molecule has 66 valence electrons. The molecule has 0 spiro atoms. The number of aryl methyl sites for hydroxylation is 1. The van der Waals surface area contributed by atoms with Crippen LogP contribution in [0.5, 0.6) is 5.75 Å². The van der Waals surface area contributed by atoms with Crippen LogP contribution in [0.15, 0.2) is 12.3 Å². The van der Waals surface area contributed by atoms with Crippen molar-refractivity contribution in [3.8, 4) is 5.75 Å². The minimum Gasteiger partial charge on any atom is -0.493 e. The summed E-state index contributed by atoms with van der Waals surface area (Å²) in [6, 6.07) is 1.74. The van der Waals surface area contributed by atoms with Crippen molar-refractivity contribution in [3.63, 3.8) is 0 Å². The fourth-order valence-corrected chi connectivity index (χ4v) is 0.997. The van der Waals surface area contributed by atoms with Gasteiger partial charge in [-0.25, -0.2) is 4.98 Å². The fourth-order valence-electron chi connectivity index (χ4n) is 0.849. The van der Waals surface area contributed by atoms with Crippen LogP contribution >= 0.6 is 11.6 Å². The Kier molecular flexibility index (Phi) is 3.35. The third-order valence-corrected chi connectivity index (χ3v) is 1.69. The Balaban J connectivity index is 2.75. The summed E-state index contributed by atoms with van der Waals surface area (Å²) < 4.78 is 5.44. The molecule has 0 atom stereocenters. The van der Waals surface area contributed by atoms with E-state index in [0.717, 1.165) is 24.3 Å². The second-order valence-electron chi connectivity index (χ2n) is 2.62. The lowest BCUT2D eigenvalue weighted by Crippen LogP contribution is -1.97. The molecule has 0 aliphatic heterocycles. The first kappa shape index (κ1) is 9.33. The molecule has 0 unspecified atom stereocenters. The zero-order chi connectivity index (χ0) is 8.97. The molecule has 12 heavy (non-hydrogen) atoms. The molecule has 0 radical (unpaired) electrons. The van der Waals surface area contributed by atoms with Gasteiger partial charge in [0.05, 0.1) is 6.61 Å². The van der Waals surface area contributed by atoms with Crippen molar-refractivity contribution in [3.05, 3.63) is 23.0 Å². The van der Waals surface area contributed by atoms with Crippen LogP contribution in [0, 0.1) is 6.92 Å². The highest BCUT2D eigenvalue weighted by atomic mass is 35.5. The largest absolute Gasteiger partial charge is 0.493 e. The standard InChI is InChI=1S/C9H12ClNO/c1-3-4-12-8-5-9(10)11-6-7(8)2/h5-6H,3-4H2,1-2H3. The quantitative estimate of drug-likeness (QED) is 0.676. The number of ether oxygens (including phenoxy) is 1. The van der Waals surface area contributed by atoms with E-state index in [-0.39, 0.29) is 0 Å².